The predicted octanol–water partition coefficient (Wildman–Crippen LogP) is 1.26. The fraction of sp³-hybridized carbons (Fsp3) is 0.600. The zero-order chi connectivity index (χ0) is 10.0. The number of aromatic nitrogens is 2. The van der Waals surface area contributed by atoms with Crippen LogP contribution in [-0.2, 0) is 21.7 Å². The molecule has 0 amide bonds. The molecule has 14 heavy (non-hydrogen) atoms. The number of hydrogen-bond acceptors (Lipinski definition) is 4. The molecule has 76 valence electrons. The summed E-state index contributed by atoms with van der Waals surface area (Å²) in [5.74, 6) is -0.125. The average Bonchev–Trinajstić information content (AvgIpc) is 2.67. The van der Waals surface area contributed by atoms with Crippen molar-refractivity contribution in [3.8, 4) is 0 Å². The van der Waals surface area contributed by atoms with Crippen molar-refractivity contribution in [2.45, 2.75) is 26.1 Å². The summed E-state index contributed by atoms with van der Waals surface area (Å²) >= 11 is 0. The van der Waals surface area contributed by atoms with Crippen molar-refractivity contribution in [2.75, 3.05) is 13.2 Å². The minimum absolute atomic E-state index is 0.607. The van der Waals surface area contributed by atoms with Crippen LogP contribution >= 0.6 is 0 Å². The molecular formula is C10H14N2O2. The van der Waals surface area contributed by atoms with Gasteiger partial charge in [-0.2, -0.15) is 0 Å². The summed E-state index contributed by atoms with van der Waals surface area (Å²) in [6.45, 7) is 5.13. The molecule has 0 spiro atoms. The first-order valence-electron chi connectivity index (χ1n) is 4.85. The molecule has 0 N–H and O–H groups in total. The Bertz CT molecular complexity index is 322. The average molecular weight is 194 g/mol. The van der Waals surface area contributed by atoms with Crippen molar-refractivity contribution < 1.29 is 9.47 Å². The predicted molar refractivity (Wildman–Crippen MR) is 50.7 cm³/mol. The Hall–Kier alpha value is -1.00. The van der Waals surface area contributed by atoms with E-state index in [-0.39, 0.29) is 0 Å². The maximum atomic E-state index is 5.48. The second-order valence-corrected chi connectivity index (χ2v) is 3.37. The molecule has 1 saturated heterocycles. The molecule has 4 heteroatoms. The lowest BCUT2D eigenvalue weighted by Gasteiger charge is -2.20. The van der Waals surface area contributed by atoms with E-state index in [9.17, 15) is 0 Å². The van der Waals surface area contributed by atoms with Crippen LogP contribution in [-0.4, -0.2) is 23.2 Å². The summed E-state index contributed by atoms with van der Waals surface area (Å²) < 4.78 is 11.0. The summed E-state index contributed by atoms with van der Waals surface area (Å²) in [6, 6.07) is 1.90. The van der Waals surface area contributed by atoms with Crippen molar-refractivity contribution in [3.63, 3.8) is 0 Å². The monoisotopic (exact) mass is 194 g/mol. The zero-order valence-corrected chi connectivity index (χ0v) is 8.49. The summed E-state index contributed by atoms with van der Waals surface area (Å²) in [7, 11) is 0. The van der Waals surface area contributed by atoms with Crippen molar-refractivity contribution >= 4 is 0 Å². The first-order chi connectivity index (χ1) is 6.74. The Morgan fingerprint density at radius 2 is 2.14 bits per heavy atom. The zero-order valence-electron chi connectivity index (χ0n) is 8.49. The van der Waals surface area contributed by atoms with Gasteiger partial charge < -0.3 is 9.47 Å². The van der Waals surface area contributed by atoms with Gasteiger partial charge in [-0.25, -0.2) is 9.97 Å². The van der Waals surface area contributed by atoms with Crippen LogP contribution < -0.4 is 0 Å². The fourth-order valence-corrected chi connectivity index (χ4v) is 1.46. The Labute approximate surface area is 83.3 Å². The van der Waals surface area contributed by atoms with Gasteiger partial charge in [0.25, 0.3) is 0 Å². The van der Waals surface area contributed by atoms with Crippen LogP contribution in [0.5, 0.6) is 0 Å². The van der Waals surface area contributed by atoms with Gasteiger partial charge in [0.05, 0.1) is 13.2 Å². The van der Waals surface area contributed by atoms with Crippen LogP contribution in [0.3, 0.4) is 0 Å². The van der Waals surface area contributed by atoms with Crippen molar-refractivity contribution in [1.82, 2.24) is 9.97 Å². The van der Waals surface area contributed by atoms with Gasteiger partial charge in [-0.15, -0.1) is 0 Å². The molecular weight excluding hydrogens is 180 g/mol. The number of aryl methyl sites for hydroxylation is 1. The highest BCUT2D eigenvalue weighted by Crippen LogP contribution is 2.27. The molecule has 0 aliphatic carbocycles. The van der Waals surface area contributed by atoms with Gasteiger partial charge >= 0.3 is 0 Å². The van der Waals surface area contributed by atoms with Gasteiger partial charge in [0, 0.05) is 11.9 Å². The number of hydrogen-bond donors (Lipinski definition) is 0. The third-order valence-corrected chi connectivity index (χ3v) is 2.32. The van der Waals surface area contributed by atoms with Crippen LogP contribution in [0.2, 0.25) is 0 Å². The lowest BCUT2D eigenvalue weighted by Crippen LogP contribution is -2.25. The van der Waals surface area contributed by atoms with Crippen LogP contribution in [0, 0.1) is 0 Å². The van der Waals surface area contributed by atoms with Gasteiger partial charge in [0.1, 0.15) is 0 Å². The molecule has 2 rings (SSSR count). The lowest BCUT2D eigenvalue weighted by molar-refractivity contribution is -0.156. The maximum absolute atomic E-state index is 5.48. The topological polar surface area (TPSA) is 44.2 Å². The second kappa shape index (κ2) is 3.63. The van der Waals surface area contributed by atoms with E-state index in [0.717, 1.165) is 12.1 Å². The van der Waals surface area contributed by atoms with Crippen molar-refractivity contribution in [1.29, 1.82) is 0 Å². The Balaban J connectivity index is 2.30. The minimum atomic E-state index is -0.745. The van der Waals surface area contributed by atoms with E-state index in [1.807, 2.05) is 13.0 Å². The first kappa shape index (κ1) is 9.55. The second-order valence-electron chi connectivity index (χ2n) is 3.37. The van der Waals surface area contributed by atoms with E-state index in [1.165, 1.54) is 0 Å². The summed E-state index contributed by atoms with van der Waals surface area (Å²) in [5, 5.41) is 0. The molecule has 1 aliphatic rings. The van der Waals surface area contributed by atoms with E-state index < -0.39 is 5.79 Å². The SMILES string of the molecule is CCc1ccnc(C2(C)OCCO2)n1. The van der Waals surface area contributed by atoms with Gasteiger partial charge in [-0.05, 0) is 19.4 Å². The Kier molecular flexibility index (Phi) is 2.48. The molecule has 2 heterocycles. The standard InChI is InChI=1S/C10H14N2O2/c1-3-8-4-5-11-9(12-8)10(2)13-6-7-14-10/h4-5H,3,6-7H2,1-2H3. The highest BCUT2D eigenvalue weighted by atomic mass is 16.7. The smallest absolute Gasteiger partial charge is 0.227 e. The highest BCUT2D eigenvalue weighted by molar-refractivity contribution is 5.06. The van der Waals surface area contributed by atoms with Crippen LogP contribution in [0.1, 0.15) is 25.4 Å². The third kappa shape index (κ3) is 1.63. The molecule has 0 atom stereocenters. The van der Waals surface area contributed by atoms with E-state index in [0.29, 0.717) is 19.0 Å². The molecule has 0 radical (unpaired) electrons. The molecule has 0 bridgehead atoms. The van der Waals surface area contributed by atoms with Gasteiger partial charge in [-0.3, -0.25) is 0 Å². The van der Waals surface area contributed by atoms with Gasteiger partial charge in [-0.1, -0.05) is 6.92 Å². The van der Waals surface area contributed by atoms with Gasteiger partial charge in [0.2, 0.25) is 5.79 Å². The third-order valence-electron chi connectivity index (χ3n) is 2.32. The number of rotatable bonds is 2. The van der Waals surface area contributed by atoms with Crippen LogP contribution in [0.4, 0.5) is 0 Å². The van der Waals surface area contributed by atoms with E-state index in [2.05, 4.69) is 16.9 Å². The minimum Gasteiger partial charge on any atom is -0.341 e. The van der Waals surface area contributed by atoms with E-state index >= 15 is 0 Å². The summed E-state index contributed by atoms with van der Waals surface area (Å²) in [4.78, 5) is 8.56. The normalized spacial score (nSPS) is 19.9. The van der Waals surface area contributed by atoms with E-state index in [1.54, 1.807) is 6.20 Å². The summed E-state index contributed by atoms with van der Waals surface area (Å²) in [5.41, 5.74) is 1.01. The quantitative estimate of drug-likeness (QED) is 0.711. The number of ether oxygens (including phenoxy) is 2. The lowest BCUT2D eigenvalue weighted by atomic mass is 10.2. The molecule has 0 saturated carbocycles. The molecule has 4 nitrogen and oxygen atoms in total. The molecule has 0 aromatic carbocycles. The van der Waals surface area contributed by atoms with Crippen molar-refractivity contribution in [3.05, 3.63) is 23.8 Å². The molecule has 0 unspecified atom stereocenters. The molecule has 1 aromatic rings. The largest absolute Gasteiger partial charge is 0.341 e. The molecule has 1 fully saturated rings. The Morgan fingerprint density at radius 1 is 1.43 bits per heavy atom. The molecule has 1 aromatic heterocycles. The fourth-order valence-electron chi connectivity index (χ4n) is 1.46. The number of nitrogens with zero attached hydrogens (tertiary/aromatic N) is 2. The highest BCUT2D eigenvalue weighted by Gasteiger charge is 2.36. The van der Waals surface area contributed by atoms with E-state index in [4.69, 9.17) is 9.47 Å². The maximum Gasteiger partial charge on any atom is 0.227 e. The van der Waals surface area contributed by atoms with Crippen LogP contribution in [0.25, 0.3) is 0 Å². The van der Waals surface area contributed by atoms with Crippen molar-refractivity contribution in [2.24, 2.45) is 0 Å². The first-order valence-corrected chi connectivity index (χ1v) is 4.85. The summed E-state index contributed by atoms with van der Waals surface area (Å²) in [6.07, 6.45) is 2.64. The Morgan fingerprint density at radius 3 is 2.79 bits per heavy atom. The van der Waals surface area contributed by atoms with Gasteiger partial charge in [0.15, 0.2) is 5.82 Å². The van der Waals surface area contributed by atoms with Crippen LogP contribution in [0.15, 0.2) is 12.3 Å². The molecule has 1 aliphatic heterocycles.